The van der Waals surface area contributed by atoms with Gasteiger partial charge in [-0.3, -0.25) is 9.59 Å². The fraction of sp³-hybridized carbons (Fsp3) is 0.619. The van der Waals surface area contributed by atoms with Gasteiger partial charge >= 0.3 is 0 Å². The fourth-order valence-corrected chi connectivity index (χ4v) is 4.10. The minimum atomic E-state index is -0.508. The number of likely N-dealkylation sites (tertiary alicyclic amines) is 1. The summed E-state index contributed by atoms with van der Waals surface area (Å²) in [6, 6.07) is 5.07. The molecule has 3 rings (SSSR count). The van der Waals surface area contributed by atoms with E-state index in [4.69, 9.17) is 14.2 Å². The largest absolute Gasteiger partial charge is 0.493 e. The summed E-state index contributed by atoms with van der Waals surface area (Å²) in [6.07, 6.45) is 1.98. The lowest BCUT2D eigenvalue weighted by Gasteiger charge is -2.41. The molecule has 1 aromatic carbocycles. The molecular formula is C21H30N2O6. The predicted molar refractivity (Wildman–Crippen MR) is 106 cm³/mol. The van der Waals surface area contributed by atoms with Crippen molar-refractivity contribution in [3.05, 3.63) is 23.8 Å². The summed E-state index contributed by atoms with van der Waals surface area (Å²) in [5, 5.41) is 9.84. The molecule has 1 N–H and O–H groups in total. The molecular weight excluding hydrogens is 376 g/mol. The van der Waals surface area contributed by atoms with Crippen molar-refractivity contribution in [2.45, 2.75) is 37.8 Å². The highest BCUT2D eigenvalue weighted by molar-refractivity contribution is 5.79. The molecule has 0 aliphatic carbocycles. The zero-order valence-electron chi connectivity index (χ0n) is 17.1. The zero-order valence-corrected chi connectivity index (χ0v) is 17.1. The fourth-order valence-electron chi connectivity index (χ4n) is 4.10. The van der Waals surface area contributed by atoms with Gasteiger partial charge in [-0.05, 0) is 30.5 Å². The number of methoxy groups -OCH3 is 2. The van der Waals surface area contributed by atoms with E-state index < -0.39 is 12.1 Å². The number of aliphatic hydroxyl groups excluding tert-OH is 1. The van der Waals surface area contributed by atoms with Crippen molar-refractivity contribution >= 4 is 11.8 Å². The van der Waals surface area contributed by atoms with Crippen LogP contribution in [0.1, 0.15) is 37.3 Å². The van der Waals surface area contributed by atoms with Gasteiger partial charge in [-0.1, -0.05) is 6.07 Å². The number of aliphatic hydroxyl groups is 1. The summed E-state index contributed by atoms with van der Waals surface area (Å²) < 4.78 is 16.4. The Bertz CT molecular complexity index is 725. The molecule has 2 heterocycles. The molecule has 160 valence electrons. The molecule has 0 unspecified atom stereocenters. The number of hydrogen-bond acceptors (Lipinski definition) is 6. The Morgan fingerprint density at radius 1 is 1.24 bits per heavy atom. The highest BCUT2D eigenvalue weighted by Gasteiger charge is 2.36. The average Bonchev–Trinajstić information content (AvgIpc) is 3.17. The molecule has 0 aromatic heterocycles. The van der Waals surface area contributed by atoms with Crippen molar-refractivity contribution in [3.63, 3.8) is 0 Å². The highest BCUT2D eigenvalue weighted by Crippen LogP contribution is 2.36. The number of carbonyl (C=O) groups is 2. The molecule has 0 saturated carbocycles. The zero-order chi connectivity index (χ0) is 20.8. The van der Waals surface area contributed by atoms with Crippen LogP contribution >= 0.6 is 0 Å². The Kier molecular flexibility index (Phi) is 7.33. The molecule has 2 aliphatic rings. The molecule has 0 spiro atoms. The van der Waals surface area contributed by atoms with Crippen LogP contribution in [0.5, 0.6) is 11.5 Å². The number of morpholine rings is 1. The average molecular weight is 406 g/mol. The third-order valence-electron chi connectivity index (χ3n) is 5.59. The molecule has 2 aliphatic heterocycles. The lowest BCUT2D eigenvalue weighted by molar-refractivity contribution is -0.150. The summed E-state index contributed by atoms with van der Waals surface area (Å²) in [7, 11) is 3.13. The Labute approximate surface area is 171 Å². The maximum Gasteiger partial charge on any atom is 0.223 e. The Balaban J connectivity index is 1.73. The third kappa shape index (κ3) is 4.82. The maximum atomic E-state index is 13.0. The van der Waals surface area contributed by atoms with Crippen LogP contribution in [0.15, 0.2) is 18.2 Å². The number of amides is 2. The number of carbonyl (C=O) groups excluding carboxylic acids is 2. The van der Waals surface area contributed by atoms with E-state index in [1.165, 1.54) is 0 Å². The topological polar surface area (TPSA) is 88.5 Å². The summed E-state index contributed by atoms with van der Waals surface area (Å²) >= 11 is 0. The SMILES string of the molecule is COc1ccc([C@@H]2[C@@H](CO)OCCN2C(=O)CCCN2CCCC2=O)cc1OC. The number of nitrogens with zero attached hydrogens (tertiary/aromatic N) is 2. The number of benzene rings is 1. The quantitative estimate of drug-likeness (QED) is 0.702. The van der Waals surface area contributed by atoms with E-state index in [-0.39, 0.29) is 18.4 Å². The summed E-state index contributed by atoms with van der Waals surface area (Å²) in [4.78, 5) is 28.4. The summed E-state index contributed by atoms with van der Waals surface area (Å²) in [5.41, 5.74) is 0.824. The summed E-state index contributed by atoms with van der Waals surface area (Å²) in [5.74, 6) is 1.33. The van der Waals surface area contributed by atoms with Gasteiger partial charge in [-0.15, -0.1) is 0 Å². The molecule has 2 fully saturated rings. The van der Waals surface area contributed by atoms with Gasteiger partial charge in [0.25, 0.3) is 0 Å². The van der Waals surface area contributed by atoms with E-state index in [9.17, 15) is 14.7 Å². The van der Waals surface area contributed by atoms with Crippen molar-refractivity contribution < 1.29 is 28.9 Å². The first-order valence-electron chi connectivity index (χ1n) is 10.1. The van der Waals surface area contributed by atoms with Crippen molar-refractivity contribution in [1.82, 2.24) is 9.80 Å². The number of hydrogen-bond donors (Lipinski definition) is 1. The van der Waals surface area contributed by atoms with Crippen LogP contribution < -0.4 is 9.47 Å². The van der Waals surface area contributed by atoms with E-state index in [1.807, 2.05) is 17.0 Å². The van der Waals surface area contributed by atoms with Crippen LogP contribution in [0, 0.1) is 0 Å². The van der Waals surface area contributed by atoms with Gasteiger partial charge in [-0.25, -0.2) is 0 Å². The second-order valence-electron chi connectivity index (χ2n) is 7.33. The smallest absolute Gasteiger partial charge is 0.223 e. The van der Waals surface area contributed by atoms with Gasteiger partial charge in [-0.2, -0.15) is 0 Å². The van der Waals surface area contributed by atoms with Gasteiger partial charge in [0.05, 0.1) is 33.5 Å². The minimum Gasteiger partial charge on any atom is -0.493 e. The van der Waals surface area contributed by atoms with Crippen molar-refractivity contribution in [2.75, 3.05) is 47.1 Å². The second-order valence-corrected chi connectivity index (χ2v) is 7.33. The minimum absolute atomic E-state index is 0.00168. The molecule has 0 radical (unpaired) electrons. The maximum absolute atomic E-state index is 13.0. The third-order valence-corrected chi connectivity index (χ3v) is 5.59. The molecule has 8 nitrogen and oxygen atoms in total. The standard InChI is InChI=1S/C21H30N2O6/c1-27-16-8-7-15(13-17(16)28-2)21-18(14-24)29-12-11-23(21)20(26)6-4-10-22-9-3-5-19(22)25/h7-8,13,18,21,24H,3-6,9-12,14H2,1-2H3/t18-,21-/m1/s1. The van der Waals surface area contributed by atoms with Crippen LogP contribution in [0.3, 0.4) is 0 Å². The molecule has 0 bridgehead atoms. The van der Waals surface area contributed by atoms with E-state index in [2.05, 4.69) is 0 Å². The molecule has 8 heteroatoms. The molecule has 2 saturated heterocycles. The van der Waals surface area contributed by atoms with E-state index >= 15 is 0 Å². The Morgan fingerprint density at radius 3 is 2.69 bits per heavy atom. The second kappa shape index (κ2) is 9.93. The van der Waals surface area contributed by atoms with Gasteiger partial charge in [0, 0.05) is 32.5 Å². The van der Waals surface area contributed by atoms with Crippen LogP contribution in [0.4, 0.5) is 0 Å². The van der Waals surface area contributed by atoms with Crippen LogP contribution in [-0.2, 0) is 14.3 Å². The highest BCUT2D eigenvalue weighted by atomic mass is 16.5. The first-order chi connectivity index (χ1) is 14.1. The molecule has 1 aromatic rings. The molecule has 2 atom stereocenters. The number of ether oxygens (including phenoxy) is 3. The number of rotatable bonds is 8. The van der Waals surface area contributed by atoms with E-state index in [1.54, 1.807) is 25.2 Å². The molecule has 2 amide bonds. The van der Waals surface area contributed by atoms with Crippen LogP contribution in [0.25, 0.3) is 0 Å². The lowest BCUT2D eigenvalue weighted by atomic mass is 9.97. The summed E-state index contributed by atoms with van der Waals surface area (Å²) in [6.45, 7) is 2.04. The van der Waals surface area contributed by atoms with Crippen molar-refractivity contribution in [2.24, 2.45) is 0 Å². The van der Waals surface area contributed by atoms with Crippen molar-refractivity contribution in [1.29, 1.82) is 0 Å². The predicted octanol–water partition coefficient (Wildman–Crippen LogP) is 1.37. The first-order valence-corrected chi connectivity index (χ1v) is 10.1. The first kappa shape index (κ1) is 21.4. The Hall–Kier alpha value is -2.32. The van der Waals surface area contributed by atoms with Gasteiger partial charge < -0.3 is 29.1 Å². The van der Waals surface area contributed by atoms with Gasteiger partial charge in [0.1, 0.15) is 6.10 Å². The lowest BCUT2D eigenvalue weighted by Crippen LogP contribution is -2.49. The molecule has 29 heavy (non-hydrogen) atoms. The van der Waals surface area contributed by atoms with E-state index in [0.717, 1.165) is 18.5 Å². The van der Waals surface area contributed by atoms with Crippen molar-refractivity contribution in [3.8, 4) is 11.5 Å². The van der Waals surface area contributed by atoms with Gasteiger partial charge in [0.2, 0.25) is 11.8 Å². The van der Waals surface area contributed by atoms with Crippen LogP contribution in [0.2, 0.25) is 0 Å². The monoisotopic (exact) mass is 406 g/mol. The Morgan fingerprint density at radius 2 is 2.03 bits per heavy atom. The normalized spacial score (nSPS) is 22.1. The van der Waals surface area contributed by atoms with Crippen LogP contribution in [-0.4, -0.2) is 79.9 Å². The van der Waals surface area contributed by atoms with Gasteiger partial charge in [0.15, 0.2) is 11.5 Å². The van der Waals surface area contributed by atoms with E-state index in [0.29, 0.717) is 50.5 Å².